The molecule has 0 fully saturated rings. The number of carbonyl (C=O) groups excluding carboxylic acids is 1. The van der Waals surface area contributed by atoms with Gasteiger partial charge < -0.3 is 4.74 Å². The maximum atomic E-state index is 11.5. The number of aromatic nitrogens is 4. The molecule has 0 atom stereocenters. The fourth-order valence-electron chi connectivity index (χ4n) is 1.10. The first-order valence-corrected chi connectivity index (χ1v) is 5.76. The first-order valence-electron chi connectivity index (χ1n) is 4.44. The Balaban J connectivity index is 2.35. The smallest absolute Gasteiger partial charge is 0.359 e. The summed E-state index contributed by atoms with van der Waals surface area (Å²) in [5.41, 5.74) is 1.77. The van der Waals surface area contributed by atoms with Crippen LogP contribution in [-0.2, 0) is 4.74 Å². The molecule has 0 aromatic carbocycles. The van der Waals surface area contributed by atoms with Crippen LogP contribution in [0.5, 0.6) is 0 Å². The molecule has 0 radical (unpaired) electrons. The van der Waals surface area contributed by atoms with Gasteiger partial charge in [-0.3, -0.25) is 4.57 Å². The molecule has 8 heteroatoms. The highest BCUT2D eigenvalue weighted by Crippen LogP contribution is 2.19. The Morgan fingerprint density at radius 3 is 3.12 bits per heavy atom. The average Bonchev–Trinajstić information content (AvgIpc) is 2.86. The SMILES string of the molecule is CCOC(=O)c1ncn(-c2nncs2)c1S. The number of hydrogen-bond acceptors (Lipinski definition) is 7. The lowest BCUT2D eigenvalue weighted by atomic mass is 10.5. The summed E-state index contributed by atoms with van der Waals surface area (Å²) in [5, 5.41) is 8.56. The van der Waals surface area contributed by atoms with E-state index in [0.717, 1.165) is 0 Å². The summed E-state index contributed by atoms with van der Waals surface area (Å²) in [5.74, 6) is -0.490. The predicted molar refractivity (Wildman–Crippen MR) is 60.2 cm³/mol. The monoisotopic (exact) mass is 256 g/mol. The molecule has 2 rings (SSSR count). The van der Waals surface area contributed by atoms with E-state index in [-0.39, 0.29) is 5.69 Å². The first kappa shape index (κ1) is 11.1. The van der Waals surface area contributed by atoms with Gasteiger partial charge in [0, 0.05) is 0 Å². The summed E-state index contributed by atoms with van der Waals surface area (Å²) in [4.78, 5) is 15.4. The zero-order chi connectivity index (χ0) is 11.5. The van der Waals surface area contributed by atoms with E-state index in [2.05, 4.69) is 27.8 Å². The number of rotatable bonds is 3. The van der Waals surface area contributed by atoms with E-state index in [4.69, 9.17) is 4.74 Å². The lowest BCUT2D eigenvalue weighted by Crippen LogP contribution is -2.06. The van der Waals surface area contributed by atoms with Gasteiger partial charge in [0.25, 0.3) is 0 Å². The summed E-state index contributed by atoms with van der Waals surface area (Å²) < 4.78 is 6.42. The molecule has 0 saturated heterocycles. The van der Waals surface area contributed by atoms with Gasteiger partial charge in [0.15, 0.2) is 5.69 Å². The van der Waals surface area contributed by atoms with E-state index in [1.54, 1.807) is 17.0 Å². The van der Waals surface area contributed by atoms with Gasteiger partial charge in [0.1, 0.15) is 16.9 Å². The number of esters is 1. The molecule has 16 heavy (non-hydrogen) atoms. The van der Waals surface area contributed by atoms with Gasteiger partial charge in [-0.25, -0.2) is 9.78 Å². The van der Waals surface area contributed by atoms with Crippen LogP contribution in [0, 0.1) is 0 Å². The molecule has 84 valence electrons. The highest BCUT2D eigenvalue weighted by molar-refractivity contribution is 7.80. The van der Waals surface area contributed by atoms with Crippen LogP contribution in [0.15, 0.2) is 16.9 Å². The highest BCUT2D eigenvalue weighted by atomic mass is 32.1. The van der Waals surface area contributed by atoms with Crippen LogP contribution in [0.1, 0.15) is 17.4 Å². The number of thiol groups is 1. The maximum Gasteiger partial charge on any atom is 0.359 e. The van der Waals surface area contributed by atoms with Crippen molar-refractivity contribution in [2.24, 2.45) is 0 Å². The Bertz CT molecular complexity index is 494. The molecule has 0 amide bonds. The lowest BCUT2D eigenvalue weighted by molar-refractivity contribution is 0.0515. The molecular weight excluding hydrogens is 248 g/mol. The first-order chi connectivity index (χ1) is 7.74. The van der Waals surface area contributed by atoms with Crippen molar-refractivity contribution in [1.82, 2.24) is 19.7 Å². The number of ether oxygens (including phenoxy) is 1. The second kappa shape index (κ2) is 4.62. The molecule has 0 spiro atoms. The molecule has 2 heterocycles. The Kier molecular flexibility index (Phi) is 3.20. The van der Waals surface area contributed by atoms with Crippen molar-refractivity contribution < 1.29 is 9.53 Å². The van der Waals surface area contributed by atoms with Crippen molar-refractivity contribution in [3.63, 3.8) is 0 Å². The van der Waals surface area contributed by atoms with Crippen LogP contribution in [0.2, 0.25) is 0 Å². The molecule has 2 aromatic rings. The van der Waals surface area contributed by atoms with Crippen LogP contribution in [0.3, 0.4) is 0 Å². The van der Waals surface area contributed by atoms with Crippen LogP contribution in [0.25, 0.3) is 5.13 Å². The van der Waals surface area contributed by atoms with E-state index in [0.29, 0.717) is 16.8 Å². The summed E-state index contributed by atoms with van der Waals surface area (Å²) in [6.07, 6.45) is 1.47. The number of nitrogens with zero attached hydrogens (tertiary/aromatic N) is 4. The largest absolute Gasteiger partial charge is 0.461 e. The third kappa shape index (κ3) is 1.93. The molecule has 0 N–H and O–H groups in total. The van der Waals surface area contributed by atoms with Crippen molar-refractivity contribution in [2.45, 2.75) is 11.9 Å². The van der Waals surface area contributed by atoms with Crippen molar-refractivity contribution in [1.29, 1.82) is 0 Å². The molecule has 0 aliphatic heterocycles. The quantitative estimate of drug-likeness (QED) is 0.660. The van der Waals surface area contributed by atoms with E-state index in [1.165, 1.54) is 17.7 Å². The molecule has 0 saturated carbocycles. The normalized spacial score (nSPS) is 10.4. The summed E-state index contributed by atoms with van der Waals surface area (Å²) in [6.45, 7) is 2.04. The fraction of sp³-hybridized carbons (Fsp3) is 0.250. The minimum absolute atomic E-state index is 0.181. The van der Waals surface area contributed by atoms with E-state index in [9.17, 15) is 4.79 Å². The van der Waals surface area contributed by atoms with Crippen molar-refractivity contribution in [3.05, 3.63) is 17.5 Å². The highest BCUT2D eigenvalue weighted by Gasteiger charge is 2.18. The van der Waals surface area contributed by atoms with Crippen molar-refractivity contribution >= 4 is 29.9 Å². The molecule has 6 nitrogen and oxygen atoms in total. The minimum Gasteiger partial charge on any atom is -0.461 e. The van der Waals surface area contributed by atoms with E-state index < -0.39 is 5.97 Å². The Morgan fingerprint density at radius 1 is 1.69 bits per heavy atom. The van der Waals surface area contributed by atoms with Crippen molar-refractivity contribution in [2.75, 3.05) is 6.61 Å². The van der Waals surface area contributed by atoms with E-state index in [1.807, 2.05) is 0 Å². The zero-order valence-corrected chi connectivity index (χ0v) is 10.0. The van der Waals surface area contributed by atoms with Gasteiger partial charge in [-0.2, -0.15) is 0 Å². The summed E-state index contributed by atoms with van der Waals surface area (Å²) in [6, 6.07) is 0. The maximum absolute atomic E-state index is 11.5. The van der Waals surface area contributed by atoms with Crippen molar-refractivity contribution in [3.8, 4) is 5.13 Å². The van der Waals surface area contributed by atoms with Crippen LogP contribution in [0.4, 0.5) is 0 Å². The molecule has 0 unspecified atom stereocenters. The average molecular weight is 256 g/mol. The molecular formula is C8H8N4O2S2. The minimum atomic E-state index is -0.490. The standard InChI is InChI=1S/C8H8N4O2S2/c1-2-14-7(13)5-6(15)12(3-9-5)8-11-10-4-16-8/h3-4,15H,2H2,1H3. The number of imidazole rings is 1. The Morgan fingerprint density at radius 2 is 2.50 bits per heavy atom. The van der Waals surface area contributed by atoms with Gasteiger partial charge in [0.05, 0.1) is 6.61 Å². The Labute approximate surface area is 101 Å². The Hall–Kier alpha value is -1.41. The molecule has 0 bridgehead atoms. The molecule has 0 aliphatic carbocycles. The lowest BCUT2D eigenvalue weighted by Gasteiger charge is -2.00. The molecule has 0 aliphatic rings. The zero-order valence-electron chi connectivity index (χ0n) is 8.32. The topological polar surface area (TPSA) is 69.9 Å². The number of carbonyl (C=O) groups is 1. The second-order valence-electron chi connectivity index (χ2n) is 2.73. The van der Waals surface area contributed by atoms with Gasteiger partial charge in [0.2, 0.25) is 5.13 Å². The van der Waals surface area contributed by atoms with Crippen LogP contribution in [-0.4, -0.2) is 32.3 Å². The second-order valence-corrected chi connectivity index (χ2v) is 3.96. The summed E-state index contributed by atoms with van der Waals surface area (Å²) >= 11 is 5.55. The summed E-state index contributed by atoms with van der Waals surface area (Å²) in [7, 11) is 0. The van der Waals surface area contributed by atoms with Gasteiger partial charge >= 0.3 is 5.97 Å². The predicted octanol–water partition coefficient (Wildman–Crippen LogP) is 1.19. The van der Waals surface area contributed by atoms with Crippen LogP contribution >= 0.6 is 24.0 Å². The van der Waals surface area contributed by atoms with Crippen LogP contribution < -0.4 is 0 Å². The van der Waals surface area contributed by atoms with E-state index >= 15 is 0 Å². The third-order valence-corrected chi connectivity index (χ3v) is 2.88. The third-order valence-electron chi connectivity index (χ3n) is 1.77. The molecule has 2 aromatic heterocycles. The van der Waals surface area contributed by atoms with Gasteiger partial charge in [-0.05, 0) is 6.92 Å². The van der Waals surface area contributed by atoms with Gasteiger partial charge in [-0.1, -0.05) is 11.3 Å². The fourth-order valence-corrected chi connectivity index (χ4v) is 2.00. The number of hydrogen-bond donors (Lipinski definition) is 1. The van der Waals surface area contributed by atoms with Gasteiger partial charge in [-0.15, -0.1) is 22.8 Å².